The van der Waals surface area contributed by atoms with E-state index in [0.29, 0.717) is 5.41 Å². The molecule has 0 aromatic carbocycles. The number of thiophene rings is 1. The van der Waals surface area contributed by atoms with Gasteiger partial charge in [0.15, 0.2) is 0 Å². The van der Waals surface area contributed by atoms with Crippen LogP contribution in [0.2, 0.25) is 0 Å². The molecule has 1 atom stereocenters. The molecule has 1 aromatic heterocycles. The first kappa shape index (κ1) is 12.4. The average molecular weight is 276 g/mol. The molecule has 1 aromatic rings. The fourth-order valence-electron chi connectivity index (χ4n) is 5.77. The molecule has 1 nitrogen and oxygen atoms in total. The molecule has 4 saturated carbocycles. The van der Waals surface area contributed by atoms with Crippen LogP contribution in [-0.2, 0) is 6.42 Å². The minimum Gasteiger partial charge on any atom is -0.393 e. The predicted octanol–water partition coefficient (Wildman–Crippen LogP) is 4.26. The molecule has 104 valence electrons. The molecule has 4 aliphatic carbocycles. The standard InChI is InChI=1S/C17H24OS/c18-15(7-16-2-1-3-19-16)11-17-8-12-4-13(9-17)6-14(5-12)10-17/h1-3,12-15,18H,4-11H2. The van der Waals surface area contributed by atoms with E-state index in [1.165, 1.54) is 43.4 Å². The first-order valence-corrected chi connectivity index (χ1v) is 8.79. The molecular weight excluding hydrogens is 252 g/mol. The molecule has 1 N–H and O–H groups in total. The van der Waals surface area contributed by atoms with Crippen molar-refractivity contribution in [2.24, 2.45) is 23.2 Å². The zero-order valence-electron chi connectivity index (χ0n) is 11.6. The molecule has 0 saturated heterocycles. The maximum absolute atomic E-state index is 10.5. The zero-order valence-corrected chi connectivity index (χ0v) is 12.4. The SMILES string of the molecule is OC(Cc1cccs1)CC12CC3CC(CC(C3)C1)C2. The molecule has 0 spiro atoms. The number of rotatable bonds is 4. The van der Waals surface area contributed by atoms with Gasteiger partial charge in [-0.25, -0.2) is 0 Å². The van der Waals surface area contributed by atoms with Crippen LogP contribution >= 0.6 is 11.3 Å². The third kappa shape index (κ3) is 2.38. The summed E-state index contributed by atoms with van der Waals surface area (Å²) in [4.78, 5) is 1.34. The van der Waals surface area contributed by atoms with E-state index in [4.69, 9.17) is 0 Å². The van der Waals surface area contributed by atoms with Crippen molar-refractivity contribution in [3.8, 4) is 0 Å². The van der Waals surface area contributed by atoms with Crippen molar-refractivity contribution in [1.82, 2.24) is 0 Å². The Labute approximate surface area is 120 Å². The maximum Gasteiger partial charge on any atom is 0.0593 e. The van der Waals surface area contributed by atoms with E-state index < -0.39 is 0 Å². The molecule has 0 radical (unpaired) electrons. The van der Waals surface area contributed by atoms with Gasteiger partial charge < -0.3 is 5.11 Å². The van der Waals surface area contributed by atoms with Gasteiger partial charge in [-0.2, -0.15) is 0 Å². The monoisotopic (exact) mass is 276 g/mol. The van der Waals surface area contributed by atoms with E-state index in [-0.39, 0.29) is 6.10 Å². The first-order chi connectivity index (χ1) is 9.21. The second-order valence-electron chi connectivity index (χ2n) is 7.56. The van der Waals surface area contributed by atoms with Gasteiger partial charge in [-0.05, 0) is 79.6 Å². The van der Waals surface area contributed by atoms with Crippen LogP contribution in [0.5, 0.6) is 0 Å². The van der Waals surface area contributed by atoms with E-state index in [1.54, 1.807) is 11.3 Å². The van der Waals surface area contributed by atoms with Gasteiger partial charge in [-0.1, -0.05) is 6.07 Å². The maximum atomic E-state index is 10.5. The van der Waals surface area contributed by atoms with Crippen molar-refractivity contribution in [2.45, 2.75) is 57.5 Å². The highest BCUT2D eigenvalue weighted by Gasteiger charge is 2.51. The van der Waals surface area contributed by atoms with Crippen molar-refractivity contribution < 1.29 is 5.11 Å². The molecule has 1 heterocycles. The summed E-state index contributed by atoms with van der Waals surface area (Å²) in [5, 5.41) is 12.6. The Balaban J connectivity index is 1.44. The van der Waals surface area contributed by atoms with Gasteiger partial charge in [0.1, 0.15) is 0 Å². The summed E-state index contributed by atoms with van der Waals surface area (Å²) >= 11 is 1.78. The summed E-state index contributed by atoms with van der Waals surface area (Å²) in [6, 6.07) is 4.25. The Hall–Kier alpha value is -0.340. The van der Waals surface area contributed by atoms with Gasteiger partial charge in [0.25, 0.3) is 0 Å². The van der Waals surface area contributed by atoms with Crippen LogP contribution in [0.1, 0.15) is 49.8 Å². The molecule has 2 heteroatoms. The van der Waals surface area contributed by atoms with Crippen LogP contribution in [0.4, 0.5) is 0 Å². The summed E-state index contributed by atoms with van der Waals surface area (Å²) < 4.78 is 0. The Morgan fingerprint density at radius 1 is 1.16 bits per heavy atom. The van der Waals surface area contributed by atoms with Crippen LogP contribution in [0.15, 0.2) is 17.5 Å². The van der Waals surface area contributed by atoms with Gasteiger partial charge in [-0.15, -0.1) is 11.3 Å². The van der Waals surface area contributed by atoms with E-state index >= 15 is 0 Å². The van der Waals surface area contributed by atoms with E-state index in [0.717, 1.165) is 30.6 Å². The smallest absolute Gasteiger partial charge is 0.0593 e. The third-order valence-electron chi connectivity index (χ3n) is 5.85. The fraction of sp³-hybridized carbons (Fsp3) is 0.765. The van der Waals surface area contributed by atoms with Crippen molar-refractivity contribution in [3.05, 3.63) is 22.4 Å². The fourth-order valence-corrected chi connectivity index (χ4v) is 6.55. The Kier molecular flexibility index (Phi) is 3.00. The lowest BCUT2D eigenvalue weighted by molar-refractivity contribution is -0.0755. The third-order valence-corrected chi connectivity index (χ3v) is 6.75. The van der Waals surface area contributed by atoms with Gasteiger partial charge in [-0.3, -0.25) is 0 Å². The van der Waals surface area contributed by atoms with Crippen LogP contribution in [-0.4, -0.2) is 11.2 Å². The molecule has 5 rings (SSSR count). The topological polar surface area (TPSA) is 20.2 Å². The van der Waals surface area contributed by atoms with Gasteiger partial charge in [0, 0.05) is 11.3 Å². The Bertz CT molecular complexity index is 401. The van der Waals surface area contributed by atoms with E-state index in [9.17, 15) is 5.11 Å². The van der Waals surface area contributed by atoms with Crippen molar-refractivity contribution in [3.63, 3.8) is 0 Å². The molecule has 1 unspecified atom stereocenters. The van der Waals surface area contributed by atoms with Crippen LogP contribution in [0, 0.1) is 23.2 Å². The van der Waals surface area contributed by atoms with Crippen molar-refractivity contribution >= 4 is 11.3 Å². The lowest BCUT2D eigenvalue weighted by Crippen LogP contribution is -2.47. The lowest BCUT2D eigenvalue weighted by Gasteiger charge is -2.57. The molecule has 0 aliphatic heterocycles. The highest BCUT2D eigenvalue weighted by molar-refractivity contribution is 7.09. The molecule has 4 fully saturated rings. The quantitative estimate of drug-likeness (QED) is 0.871. The van der Waals surface area contributed by atoms with Gasteiger partial charge in [0.2, 0.25) is 0 Å². The zero-order chi connectivity index (χ0) is 12.9. The number of hydrogen-bond acceptors (Lipinski definition) is 2. The van der Waals surface area contributed by atoms with E-state index in [1.807, 2.05) is 0 Å². The highest BCUT2D eigenvalue weighted by atomic mass is 32.1. The average Bonchev–Trinajstić information content (AvgIpc) is 2.78. The van der Waals surface area contributed by atoms with Crippen LogP contribution in [0.25, 0.3) is 0 Å². The summed E-state index contributed by atoms with van der Waals surface area (Å²) in [5.74, 6) is 3.00. The van der Waals surface area contributed by atoms with Crippen molar-refractivity contribution in [2.75, 3.05) is 0 Å². The Morgan fingerprint density at radius 2 is 1.79 bits per heavy atom. The summed E-state index contributed by atoms with van der Waals surface area (Å²) in [6.07, 6.45) is 10.6. The highest BCUT2D eigenvalue weighted by Crippen LogP contribution is 2.61. The Morgan fingerprint density at radius 3 is 2.32 bits per heavy atom. The van der Waals surface area contributed by atoms with E-state index in [2.05, 4.69) is 17.5 Å². The minimum absolute atomic E-state index is 0.116. The van der Waals surface area contributed by atoms with Crippen LogP contribution in [0.3, 0.4) is 0 Å². The van der Waals surface area contributed by atoms with Crippen LogP contribution < -0.4 is 0 Å². The molecule has 4 bridgehead atoms. The molecule has 19 heavy (non-hydrogen) atoms. The summed E-state index contributed by atoms with van der Waals surface area (Å²) in [6.45, 7) is 0. The second kappa shape index (κ2) is 4.60. The summed E-state index contributed by atoms with van der Waals surface area (Å²) in [5.41, 5.74) is 0.519. The second-order valence-corrected chi connectivity index (χ2v) is 8.59. The van der Waals surface area contributed by atoms with Crippen molar-refractivity contribution in [1.29, 1.82) is 0 Å². The number of aliphatic hydroxyl groups is 1. The molecular formula is C17H24OS. The summed E-state index contributed by atoms with van der Waals surface area (Å²) in [7, 11) is 0. The number of aliphatic hydroxyl groups excluding tert-OH is 1. The normalized spacial score (nSPS) is 41.6. The lowest BCUT2D eigenvalue weighted by atomic mass is 9.48. The predicted molar refractivity (Wildman–Crippen MR) is 79.3 cm³/mol. The number of hydrogen-bond donors (Lipinski definition) is 1. The molecule has 0 amide bonds. The molecule has 4 aliphatic rings. The largest absolute Gasteiger partial charge is 0.393 e. The van der Waals surface area contributed by atoms with Gasteiger partial charge >= 0.3 is 0 Å². The van der Waals surface area contributed by atoms with Gasteiger partial charge in [0.05, 0.1) is 6.10 Å². The minimum atomic E-state index is -0.116. The first-order valence-electron chi connectivity index (χ1n) is 7.91.